The zero-order valence-corrected chi connectivity index (χ0v) is 11.9. The third-order valence-corrected chi connectivity index (χ3v) is 3.58. The van der Waals surface area contributed by atoms with Gasteiger partial charge in [0.05, 0.1) is 17.8 Å². The van der Waals surface area contributed by atoms with E-state index in [4.69, 9.17) is 5.73 Å². The molecule has 0 saturated heterocycles. The lowest BCUT2D eigenvalue weighted by Crippen LogP contribution is -2.35. The van der Waals surface area contributed by atoms with Gasteiger partial charge in [0.2, 0.25) is 0 Å². The second-order valence-corrected chi connectivity index (χ2v) is 5.00. The van der Waals surface area contributed by atoms with Gasteiger partial charge in [0.15, 0.2) is 5.82 Å². The van der Waals surface area contributed by atoms with Crippen molar-refractivity contribution in [2.24, 2.45) is 0 Å². The molecular weight excluding hydrogens is 268 g/mol. The second kappa shape index (κ2) is 5.43. The van der Waals surface area contributed by atoms with E-state index in [0.717, 1.165) is 24.6 Å². The molecule has 1 aliphatic rings. The van der Waals surface area contributed by atoms with Crippen LogP contribution in [0.25, 0.3) is 0 Å². The number of anilines is 2. The molecule has 0 spiro atoms. The summed E-state index contributed by atoms with van der Waals surface area (Å²) in [5, 5.41) is 10.9. The topological polar surface area (TPSA) is 89.1 Å². The van der Waals surface area contributed by atoms with E-state index in [1.807, 2.05) is 17.6 Å². The lowest BCUT2D eigenvalue weighted by molar-refractivity contribution is 0.0956. The van der Waals surface area contributed by atoms with Gasteiger partial charge in [0.1, 0.15) is 6.33 Å². The molecule has 1 amide bonds. The van der Waals surface area contributed by atoms with Crippen LogP contribution < -0.4 is 16.0 Å². The Kier molecular flexibility index (Phi) is 3.47. The van der Waals surface area contributed by atoms with Gasteiger partial charge in [0.25, 0.3) is 5.91 Å². The smallest absolute Gasteiger partial charge is 0.253 e. The van der Waals surface area contributed by atoms with Crippen LogP contribution in [0.15, 0.2) is 24.5 Å². The highest BCUT2D eigenvalue weighted by atomic mass is 16.1. The van der Waals surface area contributed by atoms with E-state index in [0.29, 0.717) is 24.3 Å². The van der Waals surface area contributed by atoms with Gasteiger partial charge in [-0.15, -0.1) is 10.2 Å². The van der Waals surface area contributed by atoms with Crippen molar-refractivity contribution in [3.63, 3.8) is 0 Å². The first-order chi connectivity index (χ1) is 10.2. The molecule has 0 radical (unpaired) electrons. The van der Waals surface area contributed by atoms with Crippen LogP contribution >= 0.6 is 0 Å². The van der Waals surface area contributed by atoms with Crippen molar-refractivity contribution >= 4 is 17.3 Å². The zero-order valence-electron chi connectivity index (χ0n) is 11.9. The Labute approximate surface area is 122 Å². The van der Waals surface area contributed by atoms with Gasteiger partial charge in [-0.3, -0.25) is 4.79 Å². The molecule has 0 saturated carbocycles. The number of benzene rings is 1. The third-order valence-electron chi connectivity index (χ3n) is 3.58. The molecule has 0 unspecified atom stereocenters. The maximum absolute atomic E-state index is 12.2. The summed E-state index contributed by atoms with van der Waals surface area (Å²) >= 11 is 0. The predicted molar refractivity (Wildman–Crippen MR) is 79.9 cm³/mol. The number of hydrogen-bond acceptors (Lipinski definition) is 5. The van der Waals surface area contributed by atoms with Gasteiger partial charge in [-0.05, 0) is 25.1 Å². The number of nitrogens with zero attached hydrogens (tertiary/aromatic N) is 4. The summed E-state index contributed by atoms with van der Waals surface area (Å²) in [5.41, 5.74) is 8.02. The molecule has 7 nitrogen and oxygen atoms in total. The molecule has 1 aromatic carbocycles. The van der Waals surface area contributed by atoms with Crippen molar-refractivity contribution in [1.29, 1.82) is 0 Å². The van der Waals surface area contributed by atoms with Crippen LogP contribution in [0, 0.1) is 0 Å². The first-order valence-corrected chi connectivity index (χ1v) is 6.98. The Bertz CT molecular complexity index is 665. The summed E-state index contributed by atoms with van der Waals surface area (Å²) in [6.45, 7) is 4.71. The highest BCUT2D eigenvalue weighted by Gasteiger charge is 2.22. The number of carbonyl (C=O) groups excluding carboxylic acids is 1. The minimum absolute atomic E-state index is 0.0838. The Balaban J connectivity index is 1.94. The number of rotatable bonds is 3. The molecule has 1 aliphatic heterocycles. The number of amides is 1. The molecule has 21 heavy (non-hydrogen) atoms. The lowest BCUT2D eigenvalue weighted by atomic mass is 10.1. The molecule has 1 aromatic heterocycles. The molecule has 0 fully saturated rings. The van der Waals surface area contributed by atoms with Crippen molar-refractivity contribution < 1.29 is 4.79 Å². The normalized spacial score (nSPS) is 13.9. The number of nitrogens with one attached hydrogen (secondary N) is 1. The maximum atomic E-state index is 12.2. The Morgan fingerprint density at radius 3 is 3.10 bits per heavy atom. The average Bonchev–Trinajstić information content (AvgIpc) is 2.94. The van der Waals surface area contributed by atoms with E-state index in [1.165, 1.54) is 0 Å². The molecule has 0 aliphatic carbocycles. The summed E-state index contributed by atoms with van der Waals surface area (Å²) in [5.74, 6) is 0.810. The lowest BCUT2D eigenvalue weighted by Gasteiger charge is -2.30. The van der Waals surface area contributed by atoms with Gasteiger partial charge in [-0.25, -0.2) is 0 Å². The summed E-state index contributed by atoms with van der Waals surface area (Å²) in [7, 11) is 0. The van der Waals surface area contributed by atoms with E-state index >= 15 is 0 Å². The predicted octanol–water partition coefficient (Wildman–Crippen LogP) is 0.630. The van der Waals surface area contributed by atoms with E-state index in [9.17, 15) is 4.79 Å². The highest BCUT2D eigenvalue weighted by molar-refractivity contribution is 6.00. The van der Waals surface area contributed by atoms with Crippen molar-refractivity contribution in [2.75, 3.05) is 23.7 Å². The zero-order chi connectivity index (χ0) is 14.8. The van der Waals surface area contributed by atoms with Gasteiger partial charge in [-0.2, -0.15) is 0 Å². The SMILES string of the molecule is CCNC(=O)c1ccc(N)cc1N1CCn2cnnc2C1. The summed E-state index contributed by atoms with van der Waals surface area (Å²) < 4.78 is 2.02. The van der Waals surface area contributed by atoms with Crippen LogP contribution in [-0.4, -0.2) is 33.8 Å². The van der Waals surface area contributed by atoms with Crippen molar-refractivity contribution in [3.05, 3.63) is 35.9 Å². The molecule has 3 rings (SSSR count). The van der Waals surface area contributed by atoms with E-state index in [2.05, 4.69) is 20.4 Å². The second-order valence-electron chi connectivity index (χ2n) is 5.00. The number of carbonyl (C=O) groups is 1. The first-order valence-electron chi connectivity index (χ1n) is 6.98. The van der Waals surface area contributed by atoms with E-state index < -0.39 is 0 Å². The van der Waals surface area contributed by atoms with E-state index in [1.54, 1.807) is 18.5 Å². The molecule has 0 atom stereocenters. The Morgan fingerprint density at radius 1 is 1.43 bits per heavy atom. The van der Waals surface area contributed by atoms with Crippen molar-refractivity contribution in [1.82, 2.24) is 20.1 Å². The number of nitrogen functional groups attached to an aromatic ring is 1. The number of aromatic nitrogens is 3. The molecule has 0 bridgehead atoms. The molecule has 110 valence electrons. The Morgan fingerprint density at radius 2 is 2.29 bits per heavy atom. The third kappa shape index (κ3) is 2.54. The van der Waals surface area contributed by atoms with Crippen molar-refractivity contribution in [3.8, 4) is 0 Å². The van der Waals surface area contributed by atoms with Crippen LogP contribution in [0.2, 0.25) is 0 Å². The molecular formula is C14H18N6O. The number of fused-ring (bicyclic) bond motifs is 1. The summed E-state index contributed by atoms with van der Waals surface area (Å²) in [6.07, 6.45) is 1.73. The van der Waals surface area contributed by atoms with Gasteiger partial charge >= 0.3 is 0 Å². The van der Waals surface area contributed by atoms with Crippen LogP contribution in [0.3, 0.4) is 0 Å². The highest BCUT2D eigenvalue weighted by Crippen LogP contribution is 2.26. The largest absolute Gasteiger partial charge is 0.399 e. The maximum Gasteiger partial charge on any atom is 0.253 e. The van der Waals surface area contributed by atoms with Crippen LogP contribution in [0.1, 0.15) is 23.1 Å². The number of hydrogen-bond donors (Lipinski definition) is 2. The number of nitrogens with two attached hydrogens (primary N) is 1. The molecule has 2 heterocycles. The first kappa shape index (κ1) is 13.4. The van der Waals surface area contributed by atoms with Crippen LogP contribution in [0.4, 0.5) is 11.4 Å². The monoisotopic (exact) mass is 286 g/mol. The van der Waals surface area contributed by atoms with Gasteiger partial charge in [-0.1, -0.05) is 0 Å². The van der Waals surface area contributed by atoms with Crippen molar-refractivity contribution in [2.45, 2.75) is 20.0 Å². The minimum Gasteiger partial charge on any atom is -0.399 e. The fourth-order valence-corrected chi connectivity index (χ4v) is 2.53. The van der Waals surface area contributed by atoms with Crippen LogP contribution in [0.5, 0.6) is 0 Å². The average molecular weight is 286 g/mol. The minimum atomic E-state index is -0.0838. The van der Waals surface area contributed by atoms with E-state index in [-0.39, 0.29) is 5.91 Å². The fraction of sp³-hybridized carbons (Fsp3) is 0.357. The summed E-state index contributed by atoms with van der Waals surface area (Å²) in [6, 6.07) is 5.37. The molecule has 3 N–H and O–H groups in total. The standard InChI is InChI=1S/C14H18N6O/c1-2-16-14(21)11-4-3-10(15)7-12(11)19-5-6-20-9-17-18-13(20)8-19/h3-4,7,9H,2,5-6,8,15H2,1H3,(H,16,21). The van der Waals surface area contributed by atoms with Crippen LogP contribution in [-0.2, 0) is 13.1 Å². The van der Waals surface area contributed by atoms with Gasteiger partial charge < -0.3 is 20.5 Å². The molecule has 2 aromatic rings. The quantitative estimate of drug-likeness (QED) is 0.808. The summed E-state index contributed by atoms with van der Waals surface area (Å²) in [4.78, 5) is 14.3. The fourth-order valence-electron chi connectivity index (χ4n) is 2.53. The molecule has 7 heteroatoms. The van der Waals surface area contributed by atoms with Gasteiger partial charge in [0, 0.05) is 25.3 Å². The Hall–Kier alpha value is -2.57.